The third-order valence-corrected chi connectivity index (χ3v) is 7.79. The second kappa shape index (κ2) is 14.0. The van der Waals surface area contributed by atoms with Gasteiger partial charge in [0.2, 0.25) is 5.91 Å². The number of nitrogens with one attached hydrogen (secondary N) is 3. The number of halogens is 2. The Bertz CT molecular complexity index is 1640. The van der Waals surface area contributed by atoms with Crippen molar-refractivity contribution in [3.05, 3.63) is 130 Å². The van der Waals surface area contributed by atoms with E-state index >= 15 is 0 Å². The van der Waals surface area contributed by atoms with Crippen LogP contribution in [0.25, 0.3) is 6.08 Å². The summed E-state index contributed by atoms with van der Waals surface area (Å²) >= 11 is 7.52. The highest BCUT2D eigenvalue weighted by Crippen LogP contribution is 2.28. The van der Waals surface area contributed by atoms with Crippen molar-refractivity contribution in [1.82, 2.24) is 5.32 Å². The van der Waals surface area contributed by atoms with Gasteiger partial charge in [0.1, 0.15) is 11.5 Å². The molecular weight excluding hydrogens is 573 g/mol. The zero-order valence-corrected chi connectivity index (χ0v) is 24.8. The quantitative estimate of drug-likeness (QED) is 0.136. The van der Waals surface area contributed by atoms with Crippen molar-refractivity contribution < 1.29 is 18.8 Å². The largest absolute Gasteiger partial charge is 0.325 e. The number of anilines is 2. The van der Waals surface area contributed by atoms with Crippen LogP contribution in [0.3, 0.4) is 0 Å². The number of hydrogen-bond acceptors (Lipinski definition) is 4. The number of hydrogen-bond donors (Lipinski definition) is 3. The molecule has 3 N–H and O–H groups in total. The van der Waals surface area contributed by atoms with Gasteiger partial charge in [-0.15, -0.1) is 11.8 Å². The van der Waals surface area contributed by atoms with Crippen LogP contribution in [-0.2, 0) is 9.59 Å². The number of amides is 3. The van der Waals surface area contributed by atoms with E-state index in [1.807, 2.05) is 38.1 Å². The molecule has 0 bridgehead atoms. The SMILES string of the molecule is Cc1ccc(NC(=O)C(C)Sc2cccc(NC(=O)/C(=C\c3c(F)cccc3Cl)NC(=O)c3ccccc3)c2)cc1C. The Morgan fingerprint density at radius 2 is 1.55 bits per heavy atom. The van der Waals surface area contributed by atoms with Crippen LogP contribution in [0.4, 0.5) is 15.8 Å². The Morgan fingerprint density at radius 3 is 2.26 bits per heavy atom. The molecule has 42 heavy (non-hydrogen) atoms. The molecule has 6 nitrogen and oxygen atoms in total. The van der Waals surface area contributed by atoms with Gasteiger partial charge in [-0.1, -0.05) is 48.0 Å². The number of thioether (sulfide) groups is 1. The van der Waals surface area contributed by atoms with Crippen molar-refractivity contribution in [1.29, 1.82) is 0 Å². The lowest BCUT2D eigenvalue weighted by molar-refractivity contribution is -0.115. The highest BCUT2D eigenvalue weighted by Gasteiger charge is 2.19. The predicted molar refractivity (Wildman–Crippen MR) is 168 cm³/mol. The molecule has 1 unspecified atom stereocenters. The van der Waals surface area contributed by atoms with Crippen LogP contribution in [0.2, 0.25) is 5.02 Å². The van der Waals surface area contributed by atoms with Crippen molar-refractivity contribution >= 4 is 58.5 Å². The van der Waals surface area contributed by atoms with Gasteiger partial charge in [-0.2, -0.15) is 0 Å². The fraction of sp³-hybridized carbons (Fsp3) is 0.121. The molecule has 0 aromatic heterocycles. The van der Waals surface area contributed by atoms with Gasteiger partial charge in [0, 0.05) is 27.4 Å². The molecule has 0 aliphatic carbocycles. The van der Waals surface area contributed by atoms with E-state index in [2.05, 4.69) is 16.0 Å². The number of carbonyl (C=O) groups is 3. The predicted octanol–water partition coefficient (Wildman–Crippen LogP) is 7.62. The van der Waals surface area contributed by atoms with E-state index < -0.39 is 22.9 Å². The van der Waals surface area contributed by atoms with E-state index in [9.17, 15) is 18.8 Å². The molecule has 0 radical (unpaired) electrons. The van der Waals surface area contributed by atoms with Crippen LogP contribution < -0.4 is 16.0 Å². The maximum atomic E-state index is 14.6. The molecule has 4 aromatic rings. The van der Waals surface area contributed by atoms with Crippen molar-refractivity contribution in [2.45, 2.75) is 30.9 Å². The summed E-state index contributed by atoms with van der Waals surface area (Å²) in [6.45, 7) is 5.79. The number of benzene rings is 4. The lowest BCUT2D eigenvalue weighted by atomic mass is 10.1. The summed E-state index contributed by atoms with van der Waals surface area (Å²) < 4.78 is 14.6. The molecule has 0 aliphatic heterocycles. The van der Waals surface area contributed by atoms with Crippen molar-refractivity contribution in [2.24, 2.45) is 0 Å². The number of aryl methyl sites for hydroxylation is 2. The van der Waals surface area contributed by atoms with Gasteiger partial charge < -0.3 is 16.0 Å². The van der Waals surface area contributed by atoms with Crippen molar-refractivity contribution in [3.63, 3.8) is 0 Å². The van der Waals surface area contributed by atoms with Crippen LogP contribution in [0.1, 0.15) is 34.0 Å². The minimum Gasteiger partial charge on any atom is -0.325 e. The minimum atomic E-state index is -0.679. The Hall–Kier alpha value is -4.40. The monoisotopic (exact) mass is 601 g/mol. The molecule has 4 aromatic carbocycles. The van der Waals surface area contributed by atoms with Gasteiger partial charge in [-0.25, -0.2) is 4.39 Å². The fourth-order valence-corrected chi connectivity index (χ4v) is 5.05. The summed E-state index contributed by atoms with van der Waals surface area (Å²) in [7, 11) is 0. The first-order valence-corrected chi connectivity index (χ1v) is 14.3. The molecular formula is C33H29ClFN3O3S. The summed E-state index contributed by atoms with van der Waals surface area (Å²) in [5, 5.41) is 7.92. The highest BCUT2D eigenvalue weighted by molar-refractivity contribution is 8.00. The van der Waals surface area contributed by atoms with Crippen molar-refractivity contribution in [3.8, 4) is 0 Å². The zero-order valence-electron chi connectivity index (χ0n) is 23.2. The molecule has 0 saturated heterocycles. The second-order valence-electron chi connectivity index (χ2n) is 9.54. The van der Waals surface area contributed by atoms with Crippen LogP contribution in [0, 0.1) is 19.7 Å². The van der Waals surface area contributed by atoms with Gasteiger partial charge in [0.15, 0.2) is 0 Å². The molecule has 1 atom stereocenters. The van der Waals surface area contributed by atoms with E-state index in [0.29, 0.717) is 11.3 Å². The lowest BCUT2D eigenvalue weighted by Gasteiger charge is -2.15. The smallest absolute Gasteiger partial charge is 0.272 e. The van der Waals surface area contributed by atoms with E-state index in [0.717, 1.165) is 21.7 Å². The summed E-state index contributed by atoms with van der Waals surface area (Å²) in [5.74, 6) is -2.03. The molecule has 3 amide bonds. The molecule has 0 saturated carbocycles. The highest BCUT2D eigenvalue weighted by atomic mass is 35.5. The van der Waals surface area contributed by atoms with E-state index in [1.165, 1.54) is 36.0 Å². The number of carbonyl (C=O) groups excluding carboxylic acids is 3. The molecule has 0 fully saturated rings. The fourth-order valence-electron chi connectivity index (χ4n) is 3.90. The minimum absolute atomic E-state index is 0.0365. The van der Waals surface area contributed by atoms with E-state index in [4.69, 9.17) is 11.6 Å². The van der Waals surface area contributed by atoms with Crippen LogP contribution in [0.5, 0.6) is 0 Å². The first-order valence-electron chi connectivity index (χ1n) is 13.1. The summed E-state index contributed by atoms with van der Waals surface area (Å²) in [6.07, 6.45) is 1.20. The molecule has 4 rings (SSSR count). The van der Waals surface area contributed by atoms with Crippen LogP contribution in [0.15, 0.2) is 102 Å². The first kappa shape index (κ1) is 30.6. The van der Waals surface area contributed by atoms with E-state index in [-0.39, 0.29) is 22.2 Å². The third kappa shape index (κ3) is 8.09. The van der Waals surface area contributed by atoms with Crippen molar-refractivity contribution in [2.75, 3.05) is 10.6 Å². The second-order valence-corrected chi connectivity index (χ2v) is 11.4. The lowest BCUT2D eigenvalue weighted by Crippen LogP contribution is -2.30. The van der Waals surface area contributed by atoms with Gasteiger partial charge in [0.05, 0.1) is 10.3 Å². The summed E-state index contributed by atoms with van der Waals surface area (Å²) in [4.78, 5) is 39.8. The summed E-state index contributed by atoms with van der Waals surface area (Å²) in [6, 6.07) is 25.2. The van der Waals surface area contributed by atoms with Gasteiger partial charge >= 0.3 is 0 Å². The maximum Gasteiger partial charge on any atom is 0.272 e. The topological polar surface area (TPSA) is 87.3 Å². The molecule has 9 heteroatoms. The zero-order chi connectivity index (χ0) is 30.2. The normalized spacial score (nSPS) is 11.9. The van der Waals surface area contributed by atoms with Gasteiger partial charge in [-0.3, -0.25) is 14.4 Å². The van der Waals surface area contributed by atoms with Gasteiger partial charge in [-0.05, 0) is 92.6 Å². The average Bonchev–Trinajstić information content (AvgIpc) is 2.97. The molecule has 0 aliphatic rings. The Kier molecular flexibility index (Phi) is 10.2. The number of rotatable bonds is 9. The third-order valence-electron chi connectivity index (χ3n) is 6.37. The average molecular weight is 602 g/mol. The molecule has 0 heterocycles. The molecule has 0 spiro atoms. The maximum absolute atomic E-state index is 14.6. The molecule has 214 valence electrons. The first-order chi connectivity index (χ1) is 20.1. The summed E-state index contributed by atoms with van der Waals surface area (Å²) in [5.41, 5.74) is 3.46. The van der Waals surface area contributed by atoms with Gasteiger partial charge in [0.25, 0.3) is 11.8 Å². The Morgan fingerprint density at radius 1 is 0.833 bits per heavy atom. The van der Waals surface area contributed by atoms with Crippen LogP contribution in [-0.4, -0.2) is 23.0 Å². The van der Waals surface area contributed by atoms with Crippen LogP contribution >= 0.6 is 23.4 Å². The van der Waals surface area contributed by atoms with E-state index in [1.54, 1.807) is 55.5 Å². The standard InChI is InChI=1S/C33H29ClFN3O3S/c1-20-15-16-25(17-21(20)2)36-31(39)22(3)42-26-12-7-11-24(18-26)37-33(41)30(19-27-28(34)13-8-14-29(27)35)38-32(40)23-9-5-4-6-10-23/h4-19,22H,1-3H3,(H,36,39)(H,37,41)(H,38,40)/b30-19+. The Balaban J connectivity index is 1.51. The Labute approximate surface area is 253 Å².